The molecule has 3 nitrogen and oxygen atoms in total. The van der Waals surface area contributed by atoms with Crippen LogP contribution in [0.1, 0.15) is 25.8 Å². The molecule has 1 aromatic rings. The molecule has 0 aliphatic carbocycles. The van der Waals surface area contributed by atoms with Crippen molar-refractivity contribution in [2.45, 2.75) is 25.7 Å². The number of hydrogen-bond acceptors (Lipinski definition) is 2. The van der Waals surface area contributed by atoms with Crippen molar-refractivity contribution in [2.75, 3.05) is 20.1 Å². The molecule has 1 aromatic carbocycles. The molecule has 4 heteroatoms. The minimum absolute atomic E-state index is 0.0703. The quantitative estimate of drug-likeness (QED) is 0.792. The minimum atomic E-state index is -0.500. The van der Waals surface area contributed by atoms with E-state index in [0.717, 1.165) is 23.0 Å². The SMILES string of the molecule is CNCCCNC(=O)C(C)(C)c1ccc(Br)cc1. The van der Waals surface area contributed by atoms with Gasteiger partial charge in [-0.25, -0.2) is 0 Å². The zero-order valence-corrected chi connectivity index (χ0v) is 12.8. The zero-order valence-electron chi connectivity index (χ0n) is 11.2. The third-order valence-corrected chi connectivity index (χ3v) is 3.55. The summed E-state index contributed by atoms with van der Waals surface area (Å²) in [7, 11) is 1.91. The van der Waals surface area contributed by atoms with Crippen LogP contribution in [0.3, 0.4) is 0 Å². The highest BCUT2D eigenvalue weighted by Gasteiger charge is 2.29. The van der Waals surface area contributed by atoms with Gasteiger partial charge in [-0.05, 0) is 51.6 Å². The monoisotopic (exact) mass is 312 g/mol. The molecule has 18 heavy (non-hydrogen) atoms. The van der Waals surface area contributed by atoms with Crippen LogP contribution in [0.15, 0.2) is 28.7 Å². The van der Waals surface area contributed by atoms with Crippen LogP contribution in [-0.2, 0) is 10.2 Å². The van der Waals surface area contributed by atoms with Crippen LogP contribution in [0, 0.1) is 0 Å². The van der Waals surface area contributed by atoms with Gasteiger partial charge in [0.15, 0.2) is 0 Å². The van der Waals surface area contributed by atoms with E-state index in [4.69, 9.17) is 0 Å². The van der Waals surface area contributed by atoms with Crippen LogP contribution < -0.4 is 10.6 Å². The van der Waals surface area contributed by atoms with E-state index >= 15 is 0 Å². The highest BCUT2D eigenvalue weighted by Crippen LogP contribution is 2.24. The van der Waals surface area contributed by atoms with Crippen LogP contribution in [0.25, 0.3) is 0 Å². The average Bonchev–Trinajstić information content (AvgIpc) is 2.35. The van der Waals surface area contributed by atoms with Gasteiger partial charge in [0.05, 0.1) is 5.41 Å². The Bertz CT molecular complexity index is 387. The Morgan fingerprint density at radius 3 is 2.39 bits per heavy atom. The molecule has 0 atom stereocenters. The first-order valence-electron chi connectivity index (χ1n) is 6.17. The summed E-state index contributed by atoms with van der Waals surface area (Å²) < 4.78 is 1.02. The lowest BCUT2D eigenvalue weighted by atomic mass is 9.84. The summed E-state index contributed by atoms with van der Waals surface area (Å²) in [6.07, 6.45) is 0.943. The molecule has 0 fully saturated rings. The van der Waals surface area contributed by atoms with Crippen LogP contribution >= 0.6 is 15.9 Å². The van der Waals surface area contributed by atoms with Gasteiger partial charge in [-0.15, -0.1) is 0 Å². The van der Waals surface area contributed by atoms with Gasteiger partial charge < -0.3 is 10.6 Å². The van der Waals surface area contributed by atoms with Crippen molar-refractivity contribution in [2.24, 2.45) is 0 Å². The Balaban J connectivity index is 2.61. The third kappa shape index (κ3) is 4.10. The lowest BCUT2D eigenvalue weighted by Gasteiger charge is -2.24. The van der Waals surface area contributed by atoms with Gasteiger partial charge in [0.1, 0.15) is 0 Å². The van der Waals surface area contributed by atoms with E-state index in [1.165, 1.54) is 0 Å². The van der Waals surface area contributed by atoms with Gasteiger partial charge in [-0.3, -0.25) is 4.79 Å². The fourth-order valence-corrected chi connectivity index (χ4v) is 1.95. The average molecular weight is 313 g/mol. The summed E-state index contributed by atoms with van der Waals surface area (Å²) in [6.45, 7) is 5.52. The molecule has 0 bridgehead atoms. The molecule has 0 saturated heterocycles. The molecule has 0 radical (unpaired) electrons. The molecule has 1 rings (SSSR count). The molecule has 0 spiro atoms. The Kier molecular flexibility index (Phi) is 5.82. The normalized spacial score (nSPS) is 11.3. The minimum Gasteiger partial charge on any atom is -0.355 e. The Labute approximate surface area is 117 Å². The van der Waals surface area contributed by atoms with E-state index < -0.39 is 5.41 Å². The number of halogens is 1. The van der Waals surface area contributed by atoms with E-state index in [0.29, 0.717) is 6.54 Å². The molecule has 100 valence electrons. The van der Waals surface area contributed by atoms with E-state index in [9.17, 15) is 4.79 Å². The summed E-state index contributed by atoms with van der Waals surface area (Å²) in [5.74, 6) is 0.0703. The largest absolute Gasteiger partial charge is 0.355 e. The van der Waals surface area contributed by atoms with Crippen LogP contribution in [0.5, 0.6) is 0 Å². The van der Waals surface area contributed by atoms with E-state index in [2.05, 4.69) is 26.6 Å². The second-order valence-electron chi connectivity index (χ2n) is 4.84. The maximum atomic E-state index is 12.2. The number of carbonyl (C=O) groups excluding carboxylic acids is 1. The van der Waals surface area contributed by atoms with Gasteiger partial charge >= 0.3 is 0 Å². The number of benzene rings is 1. The third-order valence-electron chi connectivity index (χ3n) is 3.02. The van der Waals surface area contributed by atoms with Crippen molar-refractivity contribution in [1.82, 2.24) is 10.6 Å². The van der Waals surface area contributed by atoms with Crippen molar-refractivity contribution in [3.8, 4) is 0 Å². The van der Waals surface area contributed by atoms with Gasteiger partial charge in [0.25, 0.3) is 0 Å². The second-order valence-corrected chi connectivity index (χ2v) is 5.76. The highest BCUT2D eigenvalue weighted by molar-refractivity contribution is 9.10. The number of hydrogen-bond donors (Lipinski definition) is 2. The molecule has 2 N–H and O–H groups in total. The smallest absolute Gasteiger partial charge is 0.230 e. The summed E-state index contributed by atoms with van der Waals surface area (Å²) in [5.41, 5.74) is 0.525. The molecular formula is C14H21BrN2O. The summed E-state index contributed by atoms with van der Waals surface area (Å²) >= 11 is 3.40. The predicted molar refractivity (Wildman–Crippen MR) is 78.7 cm³/mol. The number of nitrogens with one attached hydrogen (secondary N) is 2. The molecule has 1 amide bonds. The molecule has 0 unspecified atom stereocenters. The van der Waals surface area contributed by atoms with Gasteiger partial charge in [-0.2, -0.15) is 0 Å². The van der Waals surface area contributed by atoms with Gasteiger partial charge in [0.2, 0.25) is 5.91 Å². The lowest BCUT2D eigenvalue weighted by Crippen LogP contribution is -2.40. The number of amides is 1. The van der Waals surface area contributed by atoms with E-state index in [-0.39, 0.29) is 5.91 Å². The van der Waals surface area contributed by atoms with Crippen molar-refractivity contribution >= 4 is 21.8 Å². The molecular weight excluding hydrogens is 292 g/mol. The topological polar surface area (TPSA) is 41.1 Å². The maximum Gasteiger partial charge on any atom is 0.230 e. The van der Waals surface area contributed by atoms with Crippen molar-refractivity contribution in [3.63, 3.8) is 0 Å². The van der Waals surface area contributed by atoms with Crippen LogP contribution in [0.2, 0.25) is 0 Å². The van der Waals surface area contributed by atoms with Crippen LogP contribution in [0.4, 0.5) is 0 Å². The van der Waals surface area contributed by atoms with Crippen molar-refractivity contribution < 1.29 is 4.79 Å². The first-order valence-corrected chi connectivity index (χ1v) is 6.96. The Morgan fingerprint density at radius 2 is 1.83 bits per heavy atom. The Morgan fingerprint density at radius 1 is 1.22 bits per heavy atom. The molecule has 0 heterocycles. The first-order chi connectivity index (χ1) is 8.48. The standard InChI is InChI=1S/C14H21BrN2O/c1-14(2,11-5-7-12(15)8-6-11)13(18)17-10-4-9-16-3/h5-8,16H,4,9-10H2,1-3H3,(H,17,18). The molecule has 0 saturated carbocycles. The van der Waals surface area contributed by atoms with Gasteiger partial charge in [0, 0.05) is 11.0 Å². The Hall–Kier alpha value is -0.870. The van der Waals surface area contributed by atoms with Crippen LogP contribution in [-0.4, -0.2) is 26.0 Å². The van der Waals surface area contributed by atoms with Crippen molar-refractivity contribution in [1.29, 1.82) is 0 Å². The number of carbonyl (C=O) groups is 1. The second kappa shape index (κ2) is 6.90. The lowest BCUT2D eigenvalue weighted by molar-refractivity contribution is -0.125. The molecule has 0 aliphatic rings. The molecule has 0 aliphatic heterocycles. The fourth-order valence-electron chi connectivity index (χ4n) is 1.69. The predicted octanol–water partition coefficient (Wildman–Crippen LogP) is 2.45. The van der Waals surface area contributed by atoms with E-state index in [1.54, 1.807) is 0 Å². The summed E-state index contributed by atoms with van der Waals surface area (Å²) in [4.78, 5) is 12.2. The summed E-state index contributed by atoms with van der Waals surface area (Å²) in [5, 5.41) is 6.04. The summed E-state index contributed by atoms with van der Waals surface area (Å²) in [6, 6.07) is 7.89. The zero-order chi connectivity index (χ0) is 13.6. The van der Waals surface area contributed by atoms with Crippen molar-refractivity contribution in [3.05, 3.63) is 34.3 Å². The van der Waals surface area contributed by atoms with Gasteiger partial charge in [-0.1, -0.05) is 28.1 Å². The fraction of sp³-hybridized carbons (Fsp3) is 0.500. The molecule has 0 aromatic heterocycles. The highest BCUT2D eigenvalue weighted by atomic mass is 79.9. The van der Waals surface area contributed by atoms with E-state index in [1.807, 2.05) is 45.2 Å². The maximum absolute atomic E-state index is 12.2. The number of rotatable bonds is 6. The first kappa shape index (κ1) is 15.2.